The molecule has 4 nitrogen and oxygen atoms in total. The highest BCUT2D eigenvalue weighted by Crippen LogP contribution is 2.41. The summed E-state index contributed by atoms with van der Waals surface area (Å²) in [5.74, 6) is 1.17. The number of nitrogens with zero attached hydrogens (tertiary/aromatic N) is 2. The first-order valence-electron chi connectivity index (χ1n) is 8.34. The molecule has 3 fully saturated rings. The third-order valence-corrected chi connectivity index (χ3v) is 5.68. The number of aromatic nitrogens is 1. The van der Waals surface area contributed by atoms with E-state index in [2.05, 4.69) is 17.6 Å². The molecule has 120 valence electrons. The third kappa shape index (κ3) is 2.33. The fourth-order valence-electron chi connectivity index (χ4n) is 4.40. The molecule has 0 saturated carbocycles. The summed E-state index contributed by atoms with van der Waals surface area (Å²) in [6, 6.07) is 9.41. The van der Waals surface area contributed by atoms with Gasteiger partial charge >= 0.3 is 0 Å². The zero-order chi connectivity index (χ0) is 16.0. The number of aliphatic hydroxyl groups excluding tert-OH is 1. The van der Waals surface area contributed by atoms with E-state index in [0.717, 1.165) is 35.2 Å². The van der Waals surface area contributed by atoms with Gasteiger partial charge < -0.3 is 10.3 Å². The predicted octanol–water partition coefficient (Wildman–Crippen LogP) is 2.40. The Morgan fingerprint density at radius 3 is 2.91 bits per heavy atom. The second-order valence-electron chi connectivity index (χ2n) is 6.81. The van der Waals surface area contributed by atoms with Crippen LogP contribution in [0.1, 0.15) is 24.5 Å². The number of aliphatic hydroxyl groups is 1. The molecule has 4 heterocycles. The average Bonchev–Trinajstić information content (AvgIpc) is 2.62. The quantitative estimate of drug-likeness (QED) is 0.538. The van der Waals surface area contributed by atoms with Gasteiger partial charge in [-0.2, -0.15) is 4.73 Å². The van der Waals surface area contributed by atoms with E-state index in [1.807, 2.05) is 18.2 Å². The van der Waals surface area contributed by atoms with Crippen molar-refractivity contribution in [3.8, 4) is 0 Å². The number of rotatable bonds is 3. The monoisotopic (exact) mass is 310 g/mol. The Bertz CT molecular complexity index is 745. The molecule has 3 saturated heterocycles. The van der Waals surface area contributed by atoms with Crippen LogP contribution in [0.25, 0.3) is 10.9 Å². The minimum absolute atomic E-state index is 0.135. The number of piperidine rings is 3. The molecule has 2 bridgehead atoms. The first-order valence-corrected chi connectivity index (χ1v) is 8.34. The molecule has 0 aliphatic carbocycles. The van der Waals surface area contributed by atoms with Crippen molar-refractivity contribution in [3.63, 3.8) is 0 Å². The van der Waals surface area contributed by atoms with Crippen LogP contribution in [0.15, 0.2) is 49.2 Å². The lowest BCUT2D eigenvalue weighted by atomic mass is 9.73. The van der Waals surface area contributed by atoms with Crippen molar-refractivity contribution < 1.29 is 9.84 Å². The molecule has 2 aromatic rings. The molecular formula is C19H22N2O2. The van der Waals surface area contributed by atoms with Gasteiger partial charge in [0.15, 0.2) is 6.20 Å². The Morgan fingerprint density at radius 1 is 1.35 bits per heavy atom. The lowest BCUT2D eigenvalue weighted by Gasteiger charge is -2.50. The van der Waals surface area contributed by atoms with Crippen LogP contribution >= 0.6 is 0 Å². The van der Waals surface area contributed by atoms with E-state index in [1.54, 1.807) is 12.1 Å². The van der Waals surface area contributed by atoms with Crippen LogP contribution in [0, 0.1) is 17.0 Å². The maximum Gasteiger partial charge on any atom is 0.224 e. The summed E-state index contributed by atoms with van der Waals surface area (Å²) in [7, 11) is 0. The van der Waals surface area contributed by atoms with E-state index in [-0.39, 0.29) is 6.04 Å². The van der Waals surface area contributed by atoms with Crippen LogP contribution in [0.4, 0.5) is 0 Å². The molecule has 1 N–H and O–H groups in total. The predicted molar refractivity (Wildman–Crippen MR) is 89.6 cm³/mol. The average molecular weight is 310 g/mol. The summed E-state index contributed by atoms with van der Waals surface area (Å²) in [5.41, 5.74) is 1.48. The topological polar surface area (TPSA) is 50.4 Å². The number of pyridine rings is 1. The van der Waals surface area contributed by atoms with E-state index in [1.165, 1.54) is 12.6 Å². The summed E-state index contributed by atoms with van der Waals surface area (Å²) < 4.78 is 0.868. The number of hydrogen-bond donors (Lipinski definition) is 1. The Kier molecular flexibility index (Phi) is 3.58. The third-order valence-electron chi connectivity index (χ3n) is 5.68. The van der Waals surface area contributed by atoms with Gasteiger partial charge in [0.25, 0.3) is 0 Å². The molecule has 23 heavy (non-hydrogen) atoms. The first kappa shape index (κ1) is 14.7. The van der Waals surface area contributed by atoms with Gasteiger partial charge in [-0.15, -0.1) is 6.58 Å². The van der Waals surface area contributed by atoms with Crippen LogP contribution in [-0.4, -0.2) is 29.1 Å². The molecule has 3 aliphatic rings. The first-order chi connectivity index (χ1) is 11.2. The molecule has 5 rings (SSSR count). The summed E-state index contributed by atoms with van der Waals surface area (Å²) in [6.45, 7) is 5.99. The highest BCUT2D eigenvalue weighted by atomic mass is 16.5. The molecule has 3 aliphatic heterocycles. The Morgan fingerprint density at radius 2 is 2.17 bits per heavy atom. The molecule has 5 atom stereocenters. The van der Waals surface area contributed by atoms with Gasteiger partial charge in [-0.3, -0.25) is 4.90 Å². The van der Waals surface area contributed by atoms with E-state index in [9.17, 15) is 10.3 Å². The lowest BCUT2D eigenvalue weighted by Crippen LogP contribution is -2.54. The van der Waals surface area contributed by atoms with Gasteiger partial charge in [0.05, 0.1) is 11.5 Å². The van der Waals surface area contributed by atoms with Gasteiger partial charge in [-0.25, -0.2) is 0 Å². The molecule has 1 aromatic carbocycles. The van der Waals surface area contributed by atoms with Crippen LogP contribution in [0.5, 0.6) is 0 Å². The van der Waals surface area contributed by atoms with Crippen molar-refractivity contribution in [1.29, 1.82) is 0 Å². The largest absolute Gasteiger partial charge is 0.618 e. The van der Waals surface area contributed by atoms with E-state index in [0.29, 0.717) is 17.4 Å². The fourth-order valence-corrected chi connectivity index (χ4v) is 4.40. The van der Waals surface area contributed by atoms with Crippen LogP contribution in [0.2, 0.25) is 0 Å². The molecule has 4 heteroatoms. The van der Waals surface area contributed by atoms with Gasteiger partial charge in [0, 0.05) is 30.3 Å². The molecule has 0 amide bonds. The highest BCUT2D eigenvalue weighted by Gasteiger charge is 2.42. The molecule has 0 spiro atoms. The van der Waals surface area contributed by atoms with Gasteiger partial charge in [0.1, 0.15) is 0 Å². The Balaban J connectivity index is 1.69. The van der Waals surface area contributed by atoms with Crippen molar-refractivity contribution in [1.82, 2.24) is 4.90 Å². The second kappa shape index (κ2) is 5.62. The fraction of sp³-hybridized carbons (Fsp3) is 0.421. The standard InChI is InChI=1S/C19H22N2O2/c1-2-13-12-20-9-7-14(13)11-18(20)19(22)16-8-10-21(23)17-6-4-3-5-15(16)17/h2-6,8,10,13-14,18-19,22H,1,7,9,11-12H2/t13-,14-,18+,19-/m0/s1. The molecule has 0 radical (unpaired) electrons. The minimum atomic E-state index is -0.560. The van der Waals surface area contributed by atoms with Crippen molar-refractivity contribution in [2.24, 2.45) is 11.8 Å². The maximum atomic E-state index is 12.0. The van der Waals surface area contributed by atoms with E-state index < -0.39 is 6.10 Å². The summed E-state index contributed by atoms with van der Waals surface area (Å²) >= 11 is 0. The van der Waals surface area contributed by atoms with Crippen molar-refractivity contribution in [3.05, 3.63) is 60.0 Å². The zero-order valence-electron chi connectivity index (χ0n) is 13.1. The number of para-hydroxylation sites is 1. The highest BCUT2D eigenvalue weighted by molar-refractivity contribution is 5.79. The van der Waals surface area contributed by atoms with E-state index >= 15 is 0 Å². The van der Waals surface area contributed by atoms with Gasteiger partial charge in [-0.1, -0.05) is 18.2 Å². The smallest absolute Gasteiger partial charge is 0.224 e. The van der Waals surface area contributed by atoms with Gasteiger partial charge in [0.2, 0.25) is 5.52 Å². The zero-order valence-corrected chi connectivity index (χ0v) is 13.1. The second-order valence-corrected chi connectivity index (χ2v) is 6.81. The van der Waals surface area contributed by atoms with Crippen LogP contribution < -0.4 is 4.73 Å². The van der Waals surface area contributed by atoms with Crippen molar-refractivity contribution in [2.75, 3.05) is 13.1 Å². The van der Waals surface area contributed by atoms with Crippen molar-refractivity contribution in [2.45, 2.75) is 25.0 Å². The van der Waals surface area contributed by atoms with Crippen LogP contribution in [-0.2, 0) is 0 Å². The number of hydrogen-bond acceptors (Lipinski definition) is 3. The SMILES string of the molecule is C=C[C@H]1CN2CC[C@H]1C[C@@H]2[C@@H](O)c1cc[n+]([O-])c2ccccc12. The summed E-state index contributed by atoms with van der Waals surface area (Å²) in [4.78, 5) is 2.39. The molecule has 1 aromatic heterocycles. The number of fused-ring (bicyclic) bond motifs is 4. The summed E-state index contributed by atoms with van der Waals surface area (Å²) in [6.07, 6.45) is 5.20. The Labute approximate surface area is 136 Å². The maximum absolute atomic E-state index is 12.0. The van der Waals surface area contributed by atoms with Crippen molar-refractivity contribution >= 4 is 10.9 Å². The normalized spacial score (nSPS) is 31.2. The minimum Gasteiger partial charge on any atom is -0.618 e. The summed E-state index contributed by atoms with van der Waals surface area (Å²) in [5, 5.41) is 23.8. The Hall–Kier alpha value is -1.91. The van der Waals surface area contributed by atoms with Gasteiger partial charge in [-0.05, 0) is 37.3 Å². The molecule has 1 unspecified atom stereocenters. The van der Waals surface area contributed by atoms with Crippen LogP contribution in [0.3, 0.4) is 0 Å². The number of benzene rings is 1. The molecular weight excluding hydrogens is 288 g/mol. The van der Waals surface area contributed by atoms with E-state index in [4.69, 9.17) is 0 Å². The lowest BCUT2D eigenvalue weighted by molar-refractivity contribution is -0.577.